The van der Waals surface area contributed by atoms with Gasteiger partial charge in [-0.15, -0.1) is 0 Å². The van der Waals surface area contributed by atoms with Crippen LogP contribution in [-0.2, 0) is 13.1 Å². The highest BCUT2D eigenvalue weighted by molar-refractivity contribution is 6.30. The van der Waals surface area contributed by atoms with E-state index in [1.807, 2.05) is 0 Å². The molecule has 0 saturated heterocycles. The summed E-state index contributed by atoms with van der Waals surface area (Å²) in [6, 6.07) is 15.0. The van der Waals surface area contributed by atoms with Crippen molar-refractivity contribution in [2.45, 2.75) is 13.1 Å². The van der Waals surface area contributed by atoms with Crippen LogP contribution in [0, 0.1) is 0 Å². The quantitative estimate of drug-likeness (QED) is 0.475. The Bertz CT molecular complexity index is 1260. The van der Waals surface area contributed by atoms with Crippen LogP contribution < -0.4 is 11.2 Å². The Labute approximate surface area is 170 Å². The maximum atomic E-state index is 12.9. The Morgan fingerprint density at radius 3 is 2.52 bits per heavy atom. The summed E-state index contributed by atoms with van der Waals surface area (Å²) in [5.74, 6) is -0.0202. The minimum absolute atomic E-state index is 0.0278. The number of aromatic nitrogens is 4. The predicted molar refractivity (Wildman–Crippen MR) is 109 cm³/mol. The van der Waals surface area contributed by atoms with Gasteiger partial charge in [0.05, 0.1) is 24.3 Å². The van der Waals surface area contributed by atoms with E-state index in [0.717, 1.165) is 4.57 Å². The number of carbonyl (C=O) groups is 1. The van der Waals surface area contributed by atoms with Gasteiger partial charge in [0.15, 0.2) is 11.6 Å². The van der Waals surface area contributed by atoms with Crippen LogP contribution in [-0.4, -0.2) is 24.9 Å². The summed E-state index contributed by atoms with van der Waals surface area (Å²) in [7, 11) is 0. The van der Waals surface area contributed by atoms with Crippen molar-refractivity contribution in [2.75, 3.05) is 0 Å². The first-order valence-corrected chi connectivity index (χ1v) is 9.19. The molecule has 1 aromatic heterocycles. The highest BCUT2D eigenvalue weighted by Crippen LogP contribution is 2.15. The van der Waals surface area contributed by atoms with Gasteiger partial charge in [-0.05, 0) is 48.5 Å². The Hall–Kier alpha value is -3.58. The molecule has 0 amide bonds. The van der Waals surface area contributed by atoms with Crippen LogP contribution in [0.1, 0.15) is 16.1 Å². The zero-order chi connectivity index (χ0) is 20.4. The van der Waals surface area contributed by atoms with Gasteiger partial charge in [-0.2, -0.15) is 4.98 Å². The first kappa shape index (κ1) is 18.8. The molecule has 0 bridgehead atoms. The predicted octanol–water partition coefficient (Wildman–Crippen LogP) is 2.49. The van der Waals surface area contributed by atoms with E-state index in [2.05, 4.69) is 9.97 Å². The number of fused-ring (bicyclic) bond motifs is 1. The Balaban J connectivity index is 1.72. The summed E-state index contributed by atoms with van der Waals surface area (Å²) < 4.78 is 2.54. The molecule has 0 saturated carbocycles. The average molecular weight is 407 g/mol. The number of rotatable bonds is 5. The van der Waals surface area contributed by atoms with Crippen molar-refractivity contribution in [1.82, 2.24) is 19.1 Å². The molecular formula is C21H15ClN4O3. The van der Waals surface area contributed by atoms with Crippen LogP contribution in [0.3, 0.4) is 0 Å². The van der Waals surface area contributed by atoms with E-state index in [1.165, 1.54) is 4.57 Å². The molecule has 0 fully saturated rings. The summed E-state index contributed by atoms with van der Waals surface area (Å²) in [4.78, 5) is 46.2. The second-order valence-electron chi connectivity index (χ2n) is 6.41. The molecule has 7 nitrogen and oxygen atoms in total. The molecule has 4 rings (SSSR count). The molecule has 2 aromatic rings. The molecule has 2 aliphatic rings. The van der Waals surface area contributed by atoms with Crippen LogP contribution in [0.25, 0.3) is 11.4 Å². The number of pyridine rings is 2. The van der Waals surface area contributed by atoms with Crippen molar-refractivity contribution in [3.63, 3.8) is 0 Å². The molecule has 0 atom stereocenters. The van der Waals surface area contributed by atoms with E-state index in [1.54, 1.807) is 67.0 Å². The third-order valence-electron chi connectivity index (χ3n) is 4.48. The lowest BCUT2D eigenvalue weighted by molar-refractivity contribution is 0.0972. The fourth-order valence-corrected chi connectivity index (χ4v) is 3.15. The summed E-state index contributed by atoms with van der Waals surface area (Å²) in [5, 5.41) is 0.533. The lowest BCUT2D eigenvalue weighted by atomic mass is 10.1. The van der Waals surface area contributed by atoms with E-state index in [-0.39, 0.29) is 30.3 Å². The van der Waals surface area contributed by atoms with Gasteiger partial charge < -0.3 is 4.57 Å². The normalized spacial score (nSPS) is 10.9. The van der Waals surface area contributed by atoms with Crippen LogP contribution in [0.15, 0.2) is 76.6 Å². The minimum atomic E-state index is -0.688. The highest BCUT2D eigenvalue weighted by Gasteiger charge is 2.19. The third kappa shape index (κ3) is 3.86. The van der Waals surface area contributed by atoms with E-state index >= 15 is 0 Å². The molecule has 0 N–H and O–H groups in total. The Kier molecular flexibility index (Phi) is 5.05. The number of hydrogen-bond donors (Lipinski definition) is 0. The van der Waals surface area contributed by atoms with Crippen LogP contribution in [0.4, 0.5) is 0 Å². The molecule has 3 heterocycles. The maximum Gasteiger partial charge on any atom is 0.352 e. The van der Waals surface area contributed by atoms with Crippen molar-refractivity contribution < 1.29 is 4.79 Å². The number of carbonyl (C=O) groups excluding carboxylic acids is 1. The Morgan fingerprint density at radius 1 is 1.00 bits per heavy atom. The number of ketones is 1. The fraction of sp³-hybridized carbons (Fsp3) is 0.0952. The summed E-state index contributed by atoms with van der Waals surface area (Å²) in [5.41, 5.74) is 0.150. The number of nitrogens with zero attached hydrogens (tertiary/aromatic N) is 4. The first-order chi connectivity index (χ1) is 14.0. The standard InChI is InChI=1S/C21H15ClN4O3/c22-15-8-6-14(7-9-15)18(27)13-25-11-3-5-17-19(25)24-21(29)26(20(17)28)12-16-4-1-2-10-23-16/h1-11H,12-13H2. The first-order valence-electron chi connectivity index (χ1n) is 8.81. The van der Waals surface area contributed by atoms with Gasteiger partial charge in [-0.1, -0.05) is 17.7 Å². The van der Waals surface area contributed by atoms with Crippen molar-refractivity contribution in [1.29, 1.82) is 0 Å². The summed E-state index contributed by atoms with van der Waals surface area (Å²) in [6.45, 7) is -0.0326. The van der Waals surface area contributed by atoms with Crippen LogP contribution >= 0.6 is 11.6 Å². The lowest BCUT2D eigenvalue weighted by Crippen LogP contribution is -2.38. The van der Waals surface area contributed by atoms with Crippen molar-refractivity contribution in [2.24, 2.45) is 0 Å². The minimum Gasteiger partial charge on any atom is -0.324 e. The molecule has 2 aliphatic heterocycles. The number of Topliss-reactive ketones (excluding diaryl/α,β-unsaturated/α-hetero) is 1. The molecular weight excluding hydrogens is 392 g/mol. The molecule has 0 unspecified atom stereocenters. The van der Waals surface area contributed by atoms with Crippen molar-refractivity contribution >= 4 is 17.4 Å². The van der Waals surface area contributed by atoms with Gasteiger partial charge in [-0.3, -0.25) is 19.1 Å². The lowest BCUT2D eigenvalue weighted by Gasteiger charge is -2.14. The fourth-order valence-electron chi connectivity index (χ4n) is 3.02. The zero-order valence-corrected chi connectivity index (χ0v) is 15.9. The smallest absolute Gasteiger partial charge is 0.324 e. The number of benzene rings is 1. The monoisotopic (exact) mass is 406 g/mol. The summed E-state index contributed by atoms with van der Waals surface area (Å²) >= 11 is 5.86. The molecule has 0 radical (unpaired) electrons. The van der Waals surface area contributed by atoms with Crippen LogP contribution in [0.5, 0.6) is 0 Å². The molecule has 0 spiro atoms. The summed E-state index contributed by atoms with van der Waals surface area (Å²) in [6.07, 6.45) is 3.21. The SMILES string of the molecule is O=C(Cn1cccc2c(=O)n(Cc3ccccn3)c(=O)nc1-2)c1ccc(Cl)cc1. The third-order valence-corrected chi connectivity index (χ3v) is 4.73. The zero-order valence-electron chi connectivity index (χ0n) is 15.2. The molecule has 1 aromatic carbocycles. The second-order valence-corrected chi connectivity index (χ2v) is 6.85. The van der Waals surface area contributed by atoms with Gasteiger partial charge in [0.2, 0.25) is 0 Å². The number of hydrogen-bond acceptors (Lipinski definition) is 5. The molecule has 8 heteroatoms. The topological polar surface area (TPSA) is 86.9 Å². The van der Waals surface area contributed by atoms with Crippen molar-refractivity contribution in [3.05, 3.63) is 104 Å². The Morgan fingerprint density at radius 2 is 1.79 bits per heavy atom. The van der Waals surface area contributed by atoms with Crippen molar-refractivity contribution in [3.8, 4) is 11.4 Å². The number of halogens is 1. The molecule has 144 valence electrons. The average Bonchev–Trinajstić information content (AvgIpc) is 2.73. The van der Waals surface area contributed by atoms with Crippen LogP contribution in [0.2, 0.25) is 5.02 Å². The van der Waals surface area contributed by atoms with Gasteiger partial charge in [0.1, 0.15) is 0 Å². The van der Waals surface area contributed by atoms with E-state index in [0.29, 0.717) is 16.3 Å². The van der Waals surface area contributed by atoms with E-state index in [4.69, 9.17) is 11.6 Å². The van der Waals surface area contributed by atoms with Gasteiger partial charge in [0.25, 0.3) is 5.56 Å². The van der Waals surface area contributed by atoms with E-state index < -0.39 is 11.2 Å². The van der Waals surface area contributed by atoms with Gasteiger partial charge in [-0.25, -0.2) is 4.79 Å². The maximum absolute atomic E-state index is 12.9. The van der Waals surface area contributed by atoms with Gasteiger partial charge in [0, 0.05) is 23.0 Å². The van der Waals surface area contributed by atoms with Gasteiger partial charge >= 0.3 is 5.69 Å². The second kappa shape index (κ2) is 7.81. The molecule has 0 aliphatic carbocycles. The van der Waals surface area contributed by atoms with E-state index in [9.17, 15) is 14.4 Å². The molecule has 29 heavy (non-hydrogen) atoms. The highest BCUT2D eigenvalue weighted by atomic mass is 35.5. The largest absolute Gasteiger partial charge is 0.352 e.